The van der Waals surface area contributed by atoms with Gasteiger partial charge in [0, 0.05) is 0 Å². The third kappa shape index (κ3) is 4.10. The molecule has 3 N–H and O–H groups in total. The number of hydrogen-bond donors (Lipinski definition) is 3. The van der Waals surface area contributed by atoms with Crippen molar-refractivity contribution < 1.29 is 36.6 Å². The number of unbranched alkanes of at least 4 members (excludes halogenated alkanes) is 1. The first-order valence-electron chi connectivity index (χ1n) is 4.97. The van der Waals surface area contributed by atoms with Crippen LogP contribution >= 0.6 is 0 Å². The van der Waals surface area contributed by atoms with Crippen LogP contribution in [-0.2, 0) is 14.8 Å². The van der Waals surface area contributed by atoms with Crippen molar-refractivity contribution in [2.24, 2.45) is 0 Å². The molecule has 18 heavy (non-hydrogen) atoms. The highest BCUT2D eigenvalue weighted by Gasteiger charge is 2.49. The van der Waals surface area contributed by atoms with E-state index in [9.17, 15) is 31.5 Å². The van der Waals surface area contributed by atoms with Gasteiger partial charge in [-0.05, 0) is 6.42 Å². The van der Waals surface area contributed by atoms with Gasteiger partial charge in [0.15, 0.2) is 5.60 Å². The maximum Gasteiger partial charge on any atom is 0.516 e. The molecule has 0 rings (SSSR count). The number of aliphatic hydroxyl groups is 2. The highest BCUT2D eigenvalue weighted by atomic mass is 32.2. The van der Waals surface area contributed by atoms with E-state index in [2.05, 4.69) is 0 Å². The monoisotopic (exact) mass is 293 g/mol. The fraction of sp³-hybridized carbons (Fsp3) is 0.875. The fourth-order valence-electron chi connectivity index (χ4n) is 1.01. The Morgan fingerprint density at radius 1 is 1.33 bits per heavy atom. The van der Waals surface area contributed by atoms with Crippen LogP contribution in [0.4, 0.5) is 13.2 Å². The van der Waals surface area contributed by atoms with Crippen molar-refractivity contribution >= 4 is 15.9 Å². The molecular formula is C8H14F3NO5S. The highest BCUT2D eigenvalue weighted by Crippen LogP contribution is 2.23. The Labute approximate surface area is 102 Å². The van der Waals surface area contributed by atoms with E-state index < -0.39 is 33.6 Å². The summed E-state index contributed by atoms with van der Waals surface area (Å²) in [6, 6.07) is 0. The average molecular weight is 293 g/mol. The van der Waals surface area contributed by atoms with Gasteiger partial charge < -0.3 is 10.2 Å². The Bertz CT molecular complexity index is 394. The zero-order valence-corrected chi connectivity index (χ0v) is 10.3. The van der Waals surface area contributed by atoms with Crippen molar-refractivity contribution in [3.05, 3.63) is 0 Å². The van der Waals surface area contributed by atoms with E-state index in [1.165, 1.54) is 0 Å². The fourth-order valence-corrected chi connectivity index (χ4v) is 1.56. The van der Waals surface area contributed by atoms with Crippen LogP contribution in [0.25, 0.3) is 0 Å². The van der Waals surface area contributed by atoms with Crippen LogP contribution in [-0.4, -0.2) is 42.3 Å². The predicted molar refractivity (Wildman–Crippen MR) is 54.7 cm³/mol. The van der Waals surface area contributed by atoms with Crippen molar-refractivity contribution in [1.82, 2.24) is 4.72 Å². The van der Waals surface area contributed by atoms with Crippen molar-refractivity contribution in [3.8, 4) is 0 Å². The maximum absolute atomic E-state index is 12.0. The topological polar surface area (TPSA) is 104 Å². The number of halogens is 3. The summed E-state index contributed by atoms with van der Waals surface area (Å²) in [5.74, 6) is -1.80. The van der Waals surface area contributed by atoms with Gasteiger partial charge in [0.1, 0.15) is 0 Å². The first-order chi connectivity index (χ1) is 8.00. The van der Waals surface area contributed by atoms with Gasteiger partial charge in [0.25, 0.3) is 5.91 Å². The lowest BCUT2D eigenvalue weighted by molar-refractivity contribution is -0.143. The second kappa shape index (κ2) is 5.85. The standard InChI is InChI=1S/C8H14F3NO5S/c1-2-3-4-7(15,5-13)6(14)12-18(16,17)8(9,10)11/h13,15H,2-5H2,1H3,(H,12,14). The Morgan fingerprint density at radius 2 is 1.83 bits per heavy atom. The van der Waals surface area contributed by atoms with Crippen LogP contribution in [0.2, 0.25) is 0 Å². The van der Waals surface area contributed by atoms with Crippen LogP contribution in [0, 0.1) is 0 Å². The molecule has 108 valence electrons. The lowest BCUT2D eigenvalue weighted by Crippen LogP contribution is -2.53. The highest BCUT2D eigenvalue weighted by molar-refractivity contribution is 7.90. The van der Waals surface area contributed by atoms with Crippen molar-refractivity contribution in [3.63, 3.8) is 0 Å². The zero-order chi connectivity index (χ0) is 14.6. The largest absolute Gasteiger partial charge is 0.516 e. The van der Waals surface area contributed by atoms with Gasteiger partial charge in [-0.2, -0.15) is 21.6 Å². The van der Waals surface area contributed by atoms with Gasteiger partial charge in [0.2, 0.25) is 0 Å². The number of hydrogen-bond acceptors (Lipinski definition) is 5. The first kappa shape index (κ1) is 17.1. The minimum Gasteiger partial charge on any atom is -0.393 e. The van der Waals surface area contributed by atoms with E-state index in [0.717, 1.165) is 0 Å². The van der Waals surface area contributed by atoms with Gasteiger partial charge in [-0.15, -0.1) is 0 Å². The third-order valence-corrected chi connectivity index (χ3v) is 3.22. The molecule has 1 unspecified atom stereocenters. The second-order valence-electron chi connectivity index (χ2n) is 3.67. The predicted octanol–water partition coefficient (Wildman–Crippen LogP) is -0.134. The lowest BCUT2D eigenvalue weighted by Gasteiger charge is -2.24. The average Bonchev–Trinajstić information content (AvgIpc) is 2.23. The SMILES string of the molecule is CCCCC(O)(CO)C(=O)NS(=O)(=O)C(F)(F)F. The molecule has 0 saturated heterocycles. The summed E-state index contributed by atoms with van der Waals surface area (Å²) in [7, 11) is -5.89. The summed E-state index contributed by atoms with van der Waals surface area (Å²) in [4.78, 5) is 11.3. The Balaban J connectivity index is 4.95. The number of aliphatic hydroxyl groups excluding tert-OH is 1. The molecule has 6 nitrogen and oxygen atoms in total. The number of alkyl halides is 3. The maximum atomic E-state index is 12.0. The van der Waals surface area contributed by atoms with Crippen molar-refractivity contribution in [2.75, 3.05) is 6.61 Å². The molecule has 0 aliphatic rings. The summed E-state index contributed by atoms with van der Waals surface area (Å²) < 4.78 is 58.0. The van der Waals surface area contributed by atoms with E-state index in [-0.39, 0.29) is 12.8 Å². The molecular weight excluding hydrogens is 279 g/mol. The number of carbonyl (C=O) groups is 1. The van der Waals surface area contributed by atoms with Crippen LogP contribution in [0.3, 0.4) is 0 Å². The first-order valence-corrected chi connectivity index (χ1v) is 6.45. The van der Waals surface area contributed by atoms with E-state index in [4.69, 9.17) is 5.11 Å². The van der Waals surface area contributed by atoms with E-state index >= 15 is 0 Å². The number of sulfonamides is 1. The summed E-state index contributed by atoms with van der Waals surface area (Å²) >= 11 is 0. The minimum atomic E-state index is -5.89. The number of amides is 1. The summed E-state index contributed by atoms with van der Waals surface area (Å²) in [6.45, 7) is 0.508. The molecule has 10 heteroatoms. The lowest BCUT2D eigenvalue weighted by atomic mass is 9.97. The van der Waals surface area contributed by atoms with Crippen LogP contribution in [0.5, 0.6) is 0 Å². The molecule has 1 amide bonds. The van der Waals surface area contributed by atoms with Gasteiger partial charge in [0.05, 0.1) is 6.61 Å². The summed E-state index contributed by atoms with van der Waals surface area (Å²) in [5.41, 5.74) is -8.21. The van der Waals surface area contributed by atoms with E-state index in [1.54, 1.807) is 6.92 Å². The summed E-state index contributed by atoms with van der Waals surface area (Å²) in [5, 5.41) is 18.3. The Morgan fingerprint density at radius 3 is 2.17 bits per heavy atom. The molecule has 0 fully saturated rings. The normalized spacial score (nSPS) is 16.1. The zero-order valence-electron chi connectivity index (χ0n) is 9.49. The van der Waals surface area contributed by atoms with E-state index in [0.29, 0.717) is 11.1 Å². The number of carbonyl (C=O) groups excluding carboxylic acids is 1. The molecule has 0 aromatic heterocycles. The summed E-state index contributed by atoms with van der Waals surface area (Å²) in [6.07, 6.45) is 0.386. The molecule has 0 aliphatic carbocycles. The minimum absolute atomic E-state index is 0.233. The third-order valence-electron chi connectivity index (χ3n) is 2.16. The van der Waals surface area contributed by atoms with Crippen LogP contribution < -0.4 is 4.72 Å². The molecule has 0 spiro atoms. The molecule has 0 saturated carbocycles. The van der Waals surface area contributed by atoms with E-state index in [1.807, 2.05) is 0 Å². The smallest absolute Gasteiger partial charge is 0.393 e. The number of rotatable bonds is 6. The van der Waals surface area contributed by atoms with Crippen molar-refractivity contribution in [2.45, 2.75) is 37.3 Å². The van der Waals surface area contributed by atoms with Gasteiger partial charge in [-0.25, -0.2) is 4.72 Å². The quantitative estimate of drug-likeness (QED) is 0.632. The van der Waals surface area contributed by atoms with Gasteiger partial charge >= 0.3 is 15.5 Å². The van der Waals surface area contributed by atoms with Crippen LogP contribution in [0.15, 0.2) is 0 Å². The van der Waals surface area contributed by atoms with Crippen LogP contribution in [0.1, 0.15) is 26.2 Å². The molecule has 0 aromatic rings. The molecule has 1 atom stereocenters. The molecule has 0 heterocycles. The Hall–Kier alpha value is -0.870. The molecule has 0 aliphatic heterocycles. The molecule has 0 bridgehead atoms. The van der Waals surface area contributed by atoms with Gasteiger partial charge in [-0.1, -0.05) is 19.8 Å². The molecule has 0 radical (unpaired) electrons. The van der Waals surface area contributed by atoms with Gasteiger partial charge in [-0.3, -0.25) is 4.79 Å². The second-order valence-corrected chi connectivity index (χ2v) is 5.35. The van der Waals surface area contributed by atoms with Crippen molar-refractivity contribution in [1.29, 1.82) is 0 Å². The molecule has 0 aromatic carbocycles. The number of nitrogens with one attached hydrogen (secondary N) is 1. The Kier molecular flexibility index (Phi) is 5.56.